The smallest absolute Gasteiger partial charge is 0.395 e. The average molecular weight is 231 g/mol. The van der Waals surface area contributed by atoms with Crippen molar-refractivity contribution in [3.8, 4) is 11.5 Å². The summed E-state index contributed by atoms with van der Waals surface area (Å²) < 4.78 is 33.7. The first-order valence-corrected chi connectivity index (χ1v) is 4.14. The standard InChI is InChI=1S/C8H7F2N3O3/c9-8(10)15-5-2-1-4(3-6(5)16-8)12-7(11)13-14/h1-3,14H,(H3,11,12,13). The average Bonchev–Trinajstić information content (AvgIpc) is 2.51. The molecular formula is C8H7F2N3O3. The molecule has 1 aliphatic heterocycles. The van der Waals surface area contributed by atoms with E-state index in [1.807, 2.05) is 0 Å². The summed E-state index contributed by atoms with van der Waals surface area (Å²) in [5.74, 6) is -0.498. The molecule has 1 aliphatic rings. The zero-order valence-corrected chi connectivity index (χ0v) is 7.78. The van der Waals surface area contributed by atoms with Crippen molar-refractivity contribution in [1.29, 1.82) is 0 Å². The summed E-state index contributed by atoms with van der Waals surface area (Å²) in [6, 6.07) is 3.86. The molecule has 0 atom stereocenters. The van der Waals surface area contributed by atoms with Gasteiger partial charge in [-0.25, -0.2) is 10.5 Å². The fourth-order valence-corrected chi connectivity index (χ4v) is 1.17. The van der Waals surface area contributed by atoms with Gasteiger partial charge in [-0.2, -0.15) is 0 Å². The molecule has 1 heterocycles. The van der Waals surface area contributed by atoms with Gasteiger partial charge >= 0.3 is 6.29 Å². The van der Waals surface area contributed by atoms with Crippen LogP contribution in [0.15, 0.2) is 23.2 Å². The zero-order chi connectivity index (χ0) is 11.8. The second-order valence-electron chi connectivity index (χ2n) is 2.91. The van der Waals surface area contributed by atoms with E-state index in [1.54, 1.807) is 5.48 Å². The van der Waals surface area contributed by atoms with Crippen LogP contribution in [0.4, 0.5) is 14.5 Å². The molecule has 0 aliphatic carbocycles. The van der Waals surface area contributed by atoms with E-state index in [4.69, 9.17) is 10.9 Å². The minimum absolute atomic E-state index is 0.0838. The zero-order valence-electron chi connectivity index (χ0n) is 7.78. The van der Waals surface area contributed by atoms with Crippen LogP contribution in [0.3, 0.4) is 0 Å². The molecule has 0 aromatic heterocycles. The molecule has 0 bridgehead atoms. The van der Waals surface area contributed by atoms with Gasteiger partial charge in [-0.1, -0.05) is 0 Å². The number of rotatable bonds is 1. The van der Waals surface area contributed by atoms with Gasteiger partial charge in [0.15, 0.2) is 11.5 Å². The van der Waals surface area contributed by atoms with E-state index in [0.717, 1.165) is 0 Å². The maximum absolute atomic E-state index is 12.6. The number of nitrogens with zero attached hydrogens (tertiary/aromatic N) is 1. The summed E-state index contributed by atoms with van der Waals surface area (Å²) in [7, 11) is 0. The largest absolute Gasteiger partial charge is 0.586 e. The Kier molecular flexibility index (Phi) is 2.27. The van der Waals surface area contributed by atoms with Gasteiger partial charge in [0.25, 0.3) is 0 Å². The third-order valence-electron chi connectivity index (χ3n) is 1.75. The minimum atomic E-state index is -3.66. The molecule has 8 heteroatoms. The topological polar surface area (TPSA) is 89.1 Å². The van der Waals surface area contributed by atoms with E-state index in [9.17, 15) is 8.78 Å². The Bertz CT molecular complexity index is 450. The van der Waals surface area contributed by atoms with Crippen LogP contribution in [0, 0.1) is 0 Å². The highest BCUT2D eigenvalue weighted by Crippen LogP contribution is 2.42. The molecule has 6 nitrogen and oxygen atoms in total. The fourth-order valence-electron chi connectivity index (χ4n) is 1.17. The molecule has 2 rings (SSSR count). The summed E-state index contributed by atoms with van der Waals surface area (Å²) in [5, 5.41) is 8.39. The SMILES string of the molecule is NC(=Nc1ccc2c(c1)OC(F)(F)O2)NO. The molecule has 0 fully saturated rings. The first-order valence-electron chi connectivity index (χ1n) is 4.14. The van der Waals surface area contributed by atoms with E-state index in [2.05, 4.69) is 14.5 Å². The van der Waals surface area contributed by atoms with E-state index >= 15 is 0 Å². The normalized spacial score (nSPS) is 17.3. The lowest BCUT2D eigenvalue weighted by molar-refractivity contribution is -0.286. The molecule has 0 unspecified atom stereocenters. The predicted octanol–water partition coefficient (Wildman–Crippen LogP) is 0.933. The van der Waals surface area contributed by atoms with Crippen molar-refractivity contribution in [1.82, 2.24) is 5.48 Å². The predicted molar refractivity (Wildman–Crippen MR) is 48.8 cm³/mol. The van der Waals surface area contributed by atoms with Crippen molar-refractivity contribution in [3.63, 3.8) is 0 Å². The first kappa shape index (κ1) is 10.4. The number of alkyl halides is 2. The van der Waals surface area contributed by atoms with Gasteiger partial charge in [-0.3, -0.25) is 5.21 Å². The van der Waals surface area contributed by atoms with Crippen LogP contribution < -0.4 is 20.7 Å². The van der Waals surface area contributed by atoms with Crippen molar-refractivity contribution in [2.24, 2.45) is 10.7 Å². The van der Waals surface area contributed by atoms with Crippen molar-refractivity contribution < 1.29 is 23.5 Å². The molecule has 0 spiro atoms. The molecule has 0 radical (unpaired) electrons. The number of fused-ring (bicyclic) bond motifs is 1. The molecule has 0 saturated heterocycles. The second-order valence-corrected chi connectivity index (χ2v) is 2.91. The van der Waals surface area contributed by atoms with Crippen molar-refractivity contribution in [2.45, 2.75) is 6.29 Å². The second kappa shape index (κ2) is 3.49. The minimum Gasteiger partial charge on any atom is -0.395 e. The number of halogens is 2. The Labute approximate surface area is 88.2 Å². The summed E-state index contributed by atoms with van der Waals surface area (Å²) in [6.45, 7) is 0. The van der Waals surface area contributed by atoms with Gasteiger partial charge in [0.2, 0.25) is 5.96 Å². The van der Waals surface area contributed by atoms with Crippen LogP contribution in [0.5, 0.6) is 11.5 Å². The molecule has 16 heavy (non-hydrogen) atoms. The lowest BCUT2D eigenvalue weighted by Gasteiger charge is -2.04. The lowest BCUT2D eigenvalue weighted by Crippen LogP contribution is -2.27. The van der Waals surface area contributed by atoms with Crippen LogP contribution in [-0.2, 0) is 0 Å². The van der Waals surface area contributed by atoms with E-state index in [-0.39, 0.29) is 23.1 Å². The number of benzene rings is 1. The first-order chi connectivity index (χ1) is 7.50. The molecule has 0 amide bonds. The van der Waals surface area contributed by atoms with E-state index < -0.39 is 6.29 Å². The van der Waals surface area contributed by atoms with Gasteiger partial charge in [0.1, 0.15) is 0 Å². The lowest BCUT2D eigenvalue weighted by atomic mass is 10.3. The van der Waals surface area contributed by atoms with Crippen molar-refractivity contribution in [3.05, 3.63) is 18.2 Å². The number of nitrogens with one attached hydrogen (secondary N) is 1. The Morgan fingerprint density at radius 3 is 2.75 bits per heavy atom. The summed E-state index contributed by atoms with van der Waals surface area (Å²) >= 11 is 0. The van der Waals surface area contributed by atoms with Gasteiger partial charge in [-0.05, 0) is 12.1 Å². The Hall–Kier alpha value is -2.09. The molecular weight excluding hydrogens is 224 g/mol. The maximum Gasteiger partial charge on any atom is 0.586 e. The van der Waals surface area contributed by atoms with Crippen LogP contribution in [0.25, 0.3) is 0 Å². The highest BCUT2D eigenvalue weighted by molar-refractivity contribution is 5.80. The van der Waals surface area contributed by atoms with Gasteiger partial charge in [-0.15, -0.1) is 8.78 Å². The molecule has 0 saturated carbocycles. The van der Waals surface area contributed by atoms with Gasteiger partial charge in [0.05, 0.1) is 5.69 Å². The van der Waals surface area contributed by atoms with E-state index in [1.165, 1.54) is 18.2 Å². The molecule has 1 aromatic rings. The Balaban J connectivity index is 2.29. The number of ether oxygens (including phenoxy) is 2. The molecule has 86 valence electrons. The third kappa shape index (κ3) is 1.96. The molecule has 4 N–H and O–H groups in total. The van der Waals surface area contributed by atoms with Crippen molar-refractivity contribution >= 4 is 11.6 Å². The van der Waals surface area contributed by atoms with E-state index in [0.29, 0.717) is 0 Å². The van der Waals surface area contributed by atoms with Crippen LogP contribution in [0.2, 0.25) is 0 Å². The number of hydroxylamine groups is 1. The van der Waals surface area contributed by atoms with Gasteiger partial charge < -0.3 is 15.2 Å². The van der Waals surface area contributed by atoms with Crippen LogP contribution >= 0.6 is 0 Å². The number of hydrogen-bond acceptors (Lipinski definition) is 4. The highest BCUT2D eigenvalue weighted by Gasteiger charge is 2.43. The number of aliphatic imine (C=N–C) groups is 1. The van der Waals surface area contributed by atoms with Crippen LogP contribution in [0.1, 0.15) is 0 Å². The highest BCUT2D eigenvalue weighted by atomic mass is 19.3. The number of hydrogen-bond donors (Lipinski definition) is 3. The fraction of sp³-hybridized carbons (Fsp3) is 0.125. The number of guanidine groups is 1. The van der Waals surface area contributed by atoms with Gasteiger partial charge in [0, 0.05) is 6.07 Å². The van der Waals surface area contributed by atoms with Crippen molar-refractivity contribution in [2.75, 3.05) is 0 Å². The number of nitrogens with two attached hydrogens (primary N) is 1. The summed E-state index contributed by atoms with van der Waals surface area (Å²) in [6.07, 6.45) is -3.66. The third-order valence-corrected chi connectivity index (χ3v) is 1.75. The van der Waals surface area contributed by atoms with Crippen LogP contribution in [-0.4, -0.2) is 17.5 Å². The monoisotopic (exact) mass is 231 g/mol. The molecule has 1 aromatic carbocycles. The Morgan fingerprint density at radius 1 is 1.38 bits per heavy atom. The summed E-state index contributed by atoms with van der Waals surface area (Å²) in [5.41, 5.74) is 7.01. The quantitative estimate of drug-likeness (QED) is 0.380. The Morgan fingerprint density at radius 2 is 2.06 bits per heavy atom. The summed E-state index contributed by atoms with van der Waals surface area (Å²) in [4.78, 5) is 3.66. The maximum atomic E-state index is 12.6.